The molecule has 0 bridgehead atoms. The molecule has 2 N–H and O–H groups in total. The van der Waals surface area contributed by atoms with E-state index in [0.717, 1.165) is 49.7 Å². The van der Waals surface area contributed by atoms with Gasteiger partial charge in [0.25, 0.3) is 0 Å². The smallest absolute Gasteiger partial charge is 0.341 e. The molecule has 0 amide bonds. The van der Waals surface area contributed by atoms with Crippen LogP contribution in [-0.2, 0) is 28.4 Å². The Hall–Kier alpha value is -3.86. The van der Waals surface area contributed by atoms with Crippen LogP contribution in [0.4, 0.5) is 8.78 Å². The van der Waals surface area contributed by atoms with Gasteiger partial charge in [-0.15, -0.1) is 0 Å². The predicted octanol–water partition coefficient (Wildman–Crippen LogP) is 7.19. The summed E-state index contributed by atoms with van der Waals surface area (Å²) in [6, 6.07) is 9.77. The van der Waals surface area contributed by atoms with E-state index in [1.165, 1.54) is 36.9 Å². The van der Waals surface area contributed by atoms with Crippen molar-refractivity contribution in [3.05, 3.63) is 117 Å². The molecule has 0 saturated heterocycles. The Kier molecular flexibility index (Phi) is 10.9. The molecule has 2 heterocycles. The lowest BCUT2D eigenvalue weighted by atomic mass is 9.62. The highest BCUT2D eigenvalue weighted by Gasteiger charge is 2.41. The van der Waals surface area contributed by atoms with E-state index in [4.69, 9.17) is 33.7 Å². The largest absolute Gasteiger partial charge is 0.462 e. The number of carbonyl (C=O) groups excluding carboxylic acids is 2. The second kappa shape index (κ2) is 14.9. The summed E-state index contributed by atoms with van der Waals surface area (Å²) in [6.07, 6.45) is 13.5. The van der Waals surface area contributed by atoms with Crippen LogP contribution in [0.2, 0.25) is 10.0 Å². The molecule has 246 valence electrons. The van der Waals surface area contributed by atoms with Crippen molar-refractivity contribution in [2.45, 2.75) is 69.1 Å². The number of hydrogen-bond acceptors (Lipinski definition) is 8. The molecule has 12 heteroatoms. The number of rotatable bonds is 10. The van der Waals surface area contributed by atoms with Crippen molar-refractivity contribution in [2.75, 3.05) is 13.2 Å². The van der Waals surface area contributed by atoms with Crippen molar-refractivity contribution < 1.29 is 23.1 Å². The van der Waals surface area contributed by atoms with Crippen molar-refractivity contribution >= 4 is 35.0 Å². The first-order valence-electron chi connectivity index (χ1n) is 15.5. The van der Waals surface area contributed by atoms with Gasteiger partial charge in [0.15, 0.2) is 5.78 Å². The number of nitrogens with zero attached hydrogens (tertiary/aromatic N) is 4. The third kappa shape index (κ3) is 7.83. The highest BCUT2D eigenvalue weighted by molar-refractivity contribution is 6.31. The second-order valence-electron chi connectivity index (χ2n) is 12.0. The summed E-state index contributed by atoms with van der Waals surface area (Å²) in [4.78, 5) is 40.3. The molecule has 2 fully saturated rings. The van der Waals surface area contributed by atoms with Gasteiger partial charge in [-0.05, 0) is 68.0 Å². The SMILES string of the molecule is CCOC(=O)c1cnc(CC2(c3ccc(F)c(Cl)c3)CCC2)nc1.NCC(=O)c1cnc(CC2(c3ccc(F)c(Cl)c3)CCC2)nc1. The van der Waals surface area contributed by atoms with Crippen molar-refractivity contribution in [2.24, 2.45) is 5.73 Å². The lowest BCUT2D eigenvalue weighted by Crippen LogP contribution is -2.37. The minimum atomic E-state index is -0.423. The zero-order valence-corrected chi connectivity index (χ0v) is 27.5. The number of aromatic nitrogens is 4. The van der Waals surface area contributed by atoms with E-state index in [1.807, 2.05) is 0 Å². The molecule has 0 aliphatic heterocycles. The number of carbonyl (C=O) groups is 2. The lowest BCUT2D eigenvalue weighted by molar-refractivity contribution is 0.0525. The summed E-state index contributed by atoms with van der Waals surface area (Å²) in [7, 11) is 0. The van der Waals surface area contributed by atoms with Crippen LogP contribution in [0.5, 0.6) is 0 Å². The molecular weight excluding hydrogens is 647 g/mol. The van der Waals surface area contributed by atoms with Gasteiger partial charge in [-0.1, -0.05) is 48.2 Å². The van der Waals surface area contributed by atoms with E-state index in [0.29, 0.717) is 42.2 Å². The molecular formula is C35H35Cl2F2N5O3. The van der Waals surface area contributed by atoms with E-state index in [1.54, 1.807) is 31.2 Å². The van der Waals surface area contributed by atoms with Crippen LogP contribution in [0, 0.1) is 11.6 Å². The van der Waals surface area contributed by atoms with Gasteiger partial charge in [0.05, 0.1) is 34.3 Å². The molecule has 2 aromatic carbocycles. The van der Waals surface area contributed by atoms with Gasteiger partial charge >= 0.3 is 5.97 Å². The molecule has 8 nitrogen and oxygen atoms in total. The predicted molar refractivity (Wildman–Crippen MR) is 175 cm³/mol. The van der Waals surface area contributed by atoms with E-state index < -0.39 is 17.6 Å². The van der Waals surface area contributed by atoms with Crippen LogP contribution < -0.4 is 5.73 Å². The first-order valence-corrected chi connectivity index (χ1v) is 16.3. The number of Topliss-reactive ketones (excluding diaryl/α,β-unsaturated/α-hetero) is 1. The average Bonchev–Trinajstić information content (AvgIpc) is 3.04. The second-order valence-corrected chi connectivity index (χ2v) is 12.8. The maximum atomic E-state index is 13.4. The minimum Gasteiger partial charge on any atom is -0.462 e. The van der Waals surface area contributed by atoms with Crippen molar-refractivity contribution in [3.63, 3.8) is 0 Å². The molecule has 0 spiro atoms. The highest BCUT2D eigenvalue weighted by Crippen LogP contribution is 2.47. The van der Waals surface area contributed by atoms with Gasteiger partial charge in [0.2, 0.25) is 0 Å². The van der Waals surface area contributed by atoms with Gasteiger partial charge in [-0.2, -0.15) is 0 Å². The minimum absolute atomic E-state index is 0.0548. The van der Waals surface area contributed by atoms with Gasteiger partial charge in [0.1, 0.15) is 23.3 Å². The van der Waals surface area contributed by atoms with Crippen LogP contribution in [0.1, 0.15) is 88.9 Å². The fraction of sp³-hybridized carbons (Fsp3) is 0.371. The summed E-state index contributed by atoms with van der Waals surface area (Å²) in [6.45, 7) is 2.01. The third-order valence-electron chi connectivity index (χ3n) is 9.11. The topological polar surface area (TPSA) is 121 Å². The number of halogens is 4. The summed E-state index contributed by atoms with van der Waals surface area (Å²) >= 11 is 11.9. The number of hydrogen-bond donors (Lipinski definition) is 1. The average molecular weight is 683 g/mol. The van der Waals surface area contributed by atoms with E-state index >= 15 is 0 Å². The number of ether oxygens (including phenoxy) is 1. The maximum absolute atomic E-state index is 13.4. The van der Waals surface area contributed by atoms with Crippen molar-refractivity contribution in [3.8, 4) is 0 Å². The monoisotopic (exact) mass is 681 g/mol. The Morgan fingerprint density at radius 3 is 1.53 bits per heavy atom. The fourth-order valence-corrected chi connectivity index (χ4v) is 6.43. The summed E-state index contributed by atoms with van der Waals surface area (Å²) in [5, 5.41) is 0.274. The Bertz CT molecular complexity index is 1730. The van der Waals surface area contributed by atoms with E-state index in [-0.39, 0.29) is 33.2 Å². The lowest BCUT2D eigenvalue weighted by Gasteiger charge is -2.42. The van der Waals surface area contributed by atoms with Crippen molar-refractivity contribution in [1.82, 2.24) is 19.9 Å². The normalized spacial score (nSPS) is 15.8. The van der Waals surface area contributed by atoms with Crippen LogP contribution in [0.3, 0.4) is 0 Å². The molecule has 2 aliphatic carbocycles. The molecule has 47 heavy (non-hydrogen) atoms. The summed E-state index contributed by atoms with van der Waals surface area (Å²) in [5.74, 6) is -0.106. The zero-order chi connectivity index (χ0) is 33.6. The Balaban J connectivity index is 0.000000185. The van der Waals surface area contributed by atoms with Crippen molar-refractivity contribution in [1.29, 1.82) is 0 Å². The zero-order valence-electron chi connectivity index (χ0n) is 25.9. The molecule has 2 saturated carbocycles. The first kappa shape index (κ1) is 34.5. The maximum Gasteiger partial charge on any atom is 0.341 e. The highest BCUT2D eigenvalue weighted by atomic mass is 35.5. The molecule has 2 aromatic heterocycles. The quantitative estimate of drug-likeness (QED) is 0.138. The molecule has 0 radical (unpaired) electrons. The van der Waals surface area contributed by atoms with E-state index in [2.05, 4.69) is 19.9 Å². The fourth-order valence-electron chi connectivity index (χ4n) is 6.07. The van der Waals surface area contributed by atoms with E-state index in [9.17, 15) is 18.4 Å². The van der Waals surface area contributed by atoms with Gasteiger partial charge in [0, 0.05) is 48.5 Å². The van der Waals surface area contributed by atoms with Gasteiger partial charge < -0.3 is 10.5 Å². The Labute approximate surface area is 282 Å². The number of ketones is 1. The standard InChI is InChI=1S/C18H18ClFN2O2.C17H17ClFN3O/c1-2-24-17(23)12-10-21-16(22-11-12)9-18(6-3-7-18)13-4-5-15(20)14(19)8-13;18-13-6-12(2-3-14(13)19)17(4-1-5-17)7-16-21-9-11(10-22-16)15(23)8-20/h4-5,8,10-11H,2-3,6-7,9H2,1H3;2-3,6,9-10H,1,4-5,7-8,20H2. The Morgan fingerprint density at radius 2 is 1.19 bits per heavy atom. The molecule has 0 atom stereocenters. The molecule has 0 unspecified atom stereocenters. The van der Waals surface area contributed by atoms with Crippen LogP contribution in [0.25, 0.3) is 0 Å². The summed E-state index contributed by atoms with van der Waals surface area (Å²) < 4.78 is 31.7. The third-order valence-corrected chi connectivity index (χ3v) is 9.69. The number of benzene rings is 2. The summed E-state index contributed by atoms with van der Waals surface area (Å²) in [5.41, 5.74) is 7.91. The number of nitrogens with two attached hydrogens (primary N) is 1. The number of esters is 1. The molecule has 6 rings (SSSR count). The Morgan fingerprint density at radius 1 is 0.766 bits per heavy atom. The molecule has 2 aliphatic rings. The van der Waals surface area contributed by atoms with Gasteiger partial charge in [-0.25, -0.2) is 33.5 Å². The van der Waals surface area contributed by atoms with Crippen LogP contribution in [-0.4, -0.2) is 44.8 Å². The van der Waals surface area contributed by atoms with Crippen LogP contribution in [0.15, 0.2) is 61.2 Å². The van der Waals surface area contributed by atoms with Gasteiger partial charge in [-0.3, -0.25) is 4.79 Å². The molecule has 4 aromatic rings. The van der Waals surface area contributed by atoms with Crippen LogP contribution >= 0.6 is 23.2 Å². The first-order chi connectivity index (χ1) is 22.6.